The van der Waals surface area contributed by atoms with Crippen molar-refractivity contribution in [1.29, 1.82) is 0 Å². The van der Waals surface area contributed by atoms with Crippen LogP contribution in [0.15, 0.2) is 49.1 Å². The highest BCUT2D eigenvalue weighted by Gasteiger charge is 2.11. The number of rotatable bonds is 5. The van der Waals surface area contributed by atoms with Crippen molar-refractivity contribution < 1.29 is 19.8 Å². The van der Waals surface area contributed by atoms with Crippen LogP contribution in [-0.2, 0) is 0 Å². The highest BCUT2D eigenvalue weighted by molar-refractivity contribution is 5.95. The van der Waals surface area contributed by atoms with Crippen LogP contribution >= 0.6 is 0 Å². The number of pyridine rings is 2. The first-order chi connectivity index (χ1) is 13.6. The molecule has 0 aromatic carbocycles. The van der Waals surface area contributed by atoms with Crippen LogP contribution < -0.4 is 10.6 Å². The average molecular weight is 408 g/mol. The summed E-state index contributed by atoms with van der Waals surface area (Å²) in [6.45, 7) is 2.15. The van der Waals surface area contributed by atoms with E-state index in [1.807, 2.05) is 6.92 Å². The maximum absolute atomic E-state index is 11.9. The quantitative estimate of drug-likeness (QED) is 0.517. The third-order valence-electron chi connectivity index (χ3n) is 2.79. The van der Waals surface area contributed by atoms with Gasteiger partial charge in [-0.25, -0.2) is 0 Å². The Bertz CT molecular complexity index is 770. The van der Waals surface area contributed by atoms with Crippen molar-refractivity contribution in [2.24, 2.45) is 0 Å². The van der Waals surface area contributed by atoms with Gasteiger partial charge in [0, 0.05) is 37.4 Å². The fraction of sp³-hybridized carbons (Fsp3) is 0.200. The Morgan fingerprint density at radius 3 is 1.72 bits per heavy atom. The molecule has 2 heterocycles. The first-order valence-corrected chi connectivity index (χ1v) is 7.65. The van der Waals surface area contributed by atoms with Crippen molar-refractivity contribution in [2.75, 3.05) is 6.54 Å². The maximum atomic E-state index is 11.9. The predicted octanol–water partition coefficient (Wildman–Crippen LogP) is 0.547. The van der Waals surface area contributed by atoms with E-state index in [9.17, 15) is 9.59 Å². The van der Waals surface area contributed by atoms with Gasteiger partial charge in [-0.1, -0.05) is 0 Å². The van der Waals surface area contributed by atoms with Crippen LogP contribution in [0.5, 0.6) is 0 Å². The van der Waals surface area contributed by atoms with Crippen LogP contribution in [-0.4, -0.2) is 44.5 Å². The molecule has 14 nitrogen and oxygen atoms in total. The minimum atomic E-state index is -1.75. The second kappa shape index (κ2) is 13.8. The Morgan fingerprint density at radius 1 is 0.931 bits per heavy atom. The molecule has 0 aliphatic carbocycles. The number of hydrogen-bond acceptors (Lipinski definition) is 10. The molecule has 1 atom stereocenters. The van der Waals surface area contributed by atoms with Crippen LogP contribution in [0.25, 0.3) is 0 Å². The lowest BCUT2D eigenvalue weighted by molar-refractivity contribution is -0.403. The molecule has 0 aliphatic rings. The van der Waals surface area contributed by atoms with Gasteiger partial charge in [-0.15, -0.1) is 0 Å². The number of amides is 2. The summed E-state index contributed by atoms with van der Waals surface area (Å²) in [5, 5.41) is 35.0. The van der Waals surface area contributed by atoms with Gasteiger partial charge >= 0.3 is 0 Å². The zero-order valence-corrected chi connectivity index (χ0v) is 15.0. The predicted molar refractivity (Wildman–Crippen MR) is 98.5 cm³/mol. The summed E-state index contributed by atoms with van der Waals surface area (Å²) < 4.78 is 0. The van der Waals surface area contributed by atoms with Crippen molar-refractivity contribution in [3.8, 4) is 0 Å². The van der Waals surface area contributed by atoms with Gasteiger partial charge in [0.2, 0.25) is 0 Å². The topological polar surface area (TPSA) is 216 Å². The number of carbonyl (C=O) groups is 2. The molecule has 0 aliphatic heterocycles. The maximum Gasteiger partial charge on any atom is 0.253 e. The molecule has 0 saturated heterocycles. The molecule has 0 spiro atoms. The van der Waals surface area contributed by atoms with E-state index in [2.05, 4.69) is 20.6 Å². The zero-order valence-electron chi connectivity index (χ0n) is 15.0. The number of aromatic nitrogens is 2. The van der Waals surface area contributed by atoms with Gasteiger partial charge in [-0.05, 0) is 31.2 Å². The SMILES string of the molecule is CC(CNC(=O)c1cccnc1)NC(=O)c1cccnc1.O=[N+]([O-])[O-].O=[N+]([O-])[O-]. The normalized spacial score (nSPS) is 9.97. The van der Waals surface area contributed by atoms with Gasteiger partial charge < -0.3 is 41.3 Å². The zero-order chi connectivity index (χ0) is 22.2. The van der Waals surface area contributed by atoms with Gasteiger partial charge in [0.15, 0.2) is 0 Å². The lowest BCUT2D eigenvalue weighted by atomic mass is 10.2. The molecule has 14 heteroatoms. The van der Waals surface area contributed by atoms with E-state index in [0.717, 1.165) is 0 Å². The average Bonchev–Trinajstić information content (AvgIpc) is 2.66. The standard InChI is InChI=1S/C15H16N4O2.2NO3/c1-11(19-15(21)13-5-3-7-17-10-13)8-18-14(20)12-4-2-6-16-9-12;2*2-1(3)4/h2-7,9-11H,8H2,1H3,(H,18,20)(H,19,21);;/q;2*-1. The summed E-state index contributed by atoms with van der Waals surface area (Å²) in [6.07, 6.45) is 6.20. The van der Waals surface area contributed by atoms with E-state index in [1.165, 1.54) is 12.4 Å². The van der Waals surface area contributed by atoms with Gasteiger partial charge in [0.25, 0.3) is 11.8 Å². The summed E-state index contributed by atoms with van der Waals surface area (Å²) >= 11 is 0. The first kappa shape index (κ1) is 24.6. The van der Waals surface area contributed by atoms with Gasteiger partial charge in [-0.2, -0.15) is 0 Å². The van der Waals surface area contributed by atoms with Crippen LogP contribution in [0.2, 0.25) is 0 Å². The van der Waals surface area contributed by atoms with Gasteiger partial charge in [0.1, 0.15) is 0 Å². The van der Waals surface area contributed by atoms with Crippen LogP contribution in [0.1, 0.15) is 27.6 Å². The minimum Gasteiger partial charge on any atom is -0.356 e. The second-order valence-corrected chi connectivity index (χ2v) is 5.02. The molecule has 2 amide bonds. The molecule has 0 bridgehead atoms. The lowest BCUT2D eigenvalue weighted by Gasteiger charge is -2.14. The van der Waals surface area contributed by atoms with Crippen molar-refractivity contribution in [3.05, 3.63) is 90.8 Å². The Morgan fingerprint density at radius 2 is 1.34 bits per heavy atom. The smallest absolute Gasteiger partial charge is 0.253 e. The summed E-state index contributed by atoms with van der Waals surface area (Å²) in [7, 11) is 0. The molecule has 2 rings (SSSR count). The first-order valence-electron chi connectivity index (χ1n) is 7.65. The summed E-state index contributed by atoms with van der Waals surface area (Å²) in [5.41, 5.74) is 0.978. The molecule has 2 N–H and O–H groups in total. The van der Waals surface area contributed by atoms with Crippen molar-refractivity contribution in [1.82, 2.24) is 20.6 Å². The molecular formula is C15H16N6O8-2. The van der Waals surface area contributed by atoms with E-state index in [0.29, 0.717) is 17.7 Å². The number of hydrogen-bond donors (Lipinski definition) is 2. The minimum absolute atomic E-state index is 0.196. The molecule has 0 radical (unpaired) electrons. The molecule has 0 saturated carbocycles. The van der Waals surface area contributed by atoms with E-state index in [4.69, 9.17) is 30.6 Å². The molecule has 0 fully saturated rings. The lowest BCUT2D eigenvalue weighted by Crippen LogP contribution is -2.41. The van der Waals surface area contributed by atoms with Crippen molar-refractivity contribution in [2.45, 2.75) is 13.0 Å². The number of nitrogens with one attached hydrogen (secondary N) is 2. The van der Waals surface area contributed by atoms with Gasteiger partial charge in [0.05, 0.1) is 21.3 Å². The second-order valence-electron chi connectivity index (χ2n) is 5.02. The fourth-order valence-electron chi connectivity index (χ4n) is 1.70. The Kier molecular flexibility index (Phi) is 11.7. The third-order valence-corrected chi connectivity index (χ3v) is 2.79. The third kappa shape index (κ3) is 13.5. The molecule has 2 aromatic rings. The molecule has 2 aromatic heterocycles. The van der Waals surface area contributed by atoms with E-state index >= 15 is 0 Å². The Balaban J connectivity index is 0.000000837. The van der Waals surface area contributed by atoms with Crippen LogP contribution in [0.4, 0.5) is 0 Å². The van der Waals surface area contributed by atoms with Crippen molar-refractivity contribution in [3.63, 3.8) is 0 Å². The Hall–Kier alpha value is -4.36. The van der Waals surface area contributed by atoms with E-state index in [1.54, 1.807) is 36.7 Å². The van der Waals surface area contributed by atoms with Gasteiger partial charge in [-0.3, -0.25) is 19.6 Å². The summed E-state index contributed by atoms with van der Waals surface area (Å²) in [5.74, 6) is -0.434. The summed E-state index contributed by atoms with van der Waals surface area (Å²) in [4.78, 5) is 48.0. The van der Waals surface area contributed by atoms with E-state index < -0.39 is 10.2 Å². The molecule has 29 heavy (non-hydrogen) atoms. The molecular weight excluding hydrogens is 392 g/mol. The molecule has 1 unspecified atom stereocenters. The van der Waals surface area contributed by atoms with Crippen LogP contribution in [0, 0.1) is 30.6 Å². The van der Waals surface area contributed by atoms with E-state index in [-0.39, 0.29) is 17.9 Å². The summed E-state index contributed by atoms with van der Waals surface area (Å²) in [6, 6.07) is 6.56. The van der Waals surface area contributed by atoms with Crippen molar-refractivity contribution >= 4 is 11.8 Å². The highest BCUT2D eigenvalue weighted by atomic mass is 16.9. The Labute approximate surface area is 163 Å². The van der Waals surface area contributed by atoms with Crippen LogP contribution in [0.3, 0.4) is 0 Å². The number of nitrogens with zero attached hydrogens (tertiary/aromatic N) is 4. The fourth-order valence-corrected chi connectivity index (χ4v) is 1.70. The molecule has 156 valence electrons. The highest BCUT2D eigenvalue weighted by Crippen LogP contribution is 1.97. The number of carbonyl (C=O) groups excluding carboxylic acids is 2. The largest absolute Gasteiger partial charge is 0.356 e. The monoisotopic (exact) mass is 408 g/mol.